The van der Waals surface area contributed by atoms with E-state index in [2.05, 4.69) is 5.10 Å². The smallest absolute Gasteiger partial charge is 0.232 e. The first-order chi connectivity index (χ1) is 12.1. The Balaban J connectivity index is 1.57. The Morgan fingerprint density at radius 1 is 1.16 bits per heavy atom. The summed E-state index contributed by atoms with van der Waals surface area (Å²) in [5, 5.41) is 5.03. The summed E-state index contributed by atoms with van der Waals surface area (Å²) >= 11 is 7.57. The van der Waals surface area contributed by atoms with E-state index in [1.54, 1.807) is 18.1 Å². The van der Waals surface area contributed by atoms with Crippen LogP contribution in [0.2, 0.25) is 5.02 Å². The Hall–Kier alpha value is -2.24. The van der Waals surface area contributed by atoms with Gasteiger partial charge < -0.3 is 4.90 Å². The summed E-state index contributed by atoms with van der Waals surface area (Å²) < 4.78 is 1.81. The Labute approximate surface area is 156 Å². The van der Waals surface area contributed by atoms with Gasteiger partial charge in [0.05, 0.1) is 22.7 Å². The average Bonchev–Trinajstić information content (AvgIpc) is 3.10. The van der Waals surface area contributed by atoms with E-state index in [1.165, 1.54) is 11.8 Å². The second kappa shape index (κ2) is 8.23. The molecule has 0 fully saturated rings. The SMILES string of the molecule is CN(Cc1cnn(-c2ccccc2)c1)C(=O)CSc1ccccc1Cl. The number of carbonyl (C=O) groups is 1. The van der Waals surface area contributed by atoms with Gasteiger partial charge in [-0.25, -0.2) is 4.68 Å². The largest absolute Gasteiger partial charge is 0.341 e. The lowest BCUT2D eigenvalue weighted by Gasteiger charge is -2.16. The number of nitrogens with zero attached hydrogens (tertiary/aromatic N) is 3. The van der Waals surface area contributed by atoms with Crippen LogP contribution >= 0.6 is 23.4 Å². The molecule has 0 unspecified atom stereocenters. The number of hydrogen-bond acceptors (Lipinski definition) is 3. The summed E-state index contributed by atoms with van der Waals surface area (Å²) in [6.07, 6.45) is 3.73. The maximum absolute atomic E-state index is 12.3. The third kappa shape index (κ3) is 4.65. The molecule has 128 valence electrons. The molecule has 25 heavy (non-hydrogen) atoms. The molecule has 1 heterocycles. The minimum atomic E-state index is 0.0531. The van der Waals surface area contributed by atoms with E-state index >= 15 is 0 Å². The van der Waals surface area contributed by atoms with Gasteiger partial charge in [-0.2, -0.15) is 5.10 Å². The lowest BCUT2D eigenvalue weighted by atomic mass is 10.3. The van der Waals surface area contributed by atoms with Crippen molar-refractivity contribution in [3.63, 3.8) is 0 Å². The van der Waals surface area contributed by atoms with Crippen molar-refractivity contribution in [2.75, 3.05) is 12.8 Å². The monoisotopic (exact) mass is 371 g/mol. The zero-order chi connectivity index (χ0) is 17.6. The Bertz CT molecular complexity index is 851. The van der Waals surface area contributed by atoms with Crippen molar-refractivity contribution in [1.82, 2.24) is 14.7 Å². The highest BCUT2D eigenvalue weighted by Gasteiger charge is 2.12. The quantitative estimate of drug-likeness (QED) is 0.607. The highest BCUT2D eigenvalue weighted by atomic mass is 35.5. The van der Waals surface area contributed by atoms with E-state index in [4.69, 9.17) is 11.6 Å². The fourth-order valence-corrected chi connectivity index (χ4v) is 3.52. The number of aromatic nitrogens is 2. The van der Waals surface area contributed by atoms with Gasteiger partial charge in [0.25, 0.3) is 0 Å². The first kappa shape index (κ1) is 17.6. The molecule has 1 amide bonds. The van der Waals surface area contributed by atoms with Crippen LogP contribution in [-0.4, -0.2) is 33.4 Å². The third-order valence-electron chi connectivity index (χ3n) is 3.69. The van der Waals surface area contributed by atoms with Crippen LogP contribution in [0.5, 0.6) is 0 Å². The molecule has 0 atom stereocenters. The topological polar surface area (TPSA) is 38.1 Å². The highest BCUT2D eigenvalue weighted by molar-refractivity contribution is 8.00. The number of carbonyl (C=O) groups excluding carboxylic acids is 1. The number of amides is 1. The molecular formula is C19H18ClN3OS. The van der Waals surface area contributed by atoms with Crippen molar-refractivity contribution in [2.45, 2.75) is 11.4 Å². The molecule has 0 saturated heterocycles. The summed E-state index contributed by atoms with van der Waals surface area (Å²) in [6.45, 7) is 0.523. The van der Waals surface area contributed by atoms with Crippen LogP contribution in [0, 0.1) is 0 Å². The molecule has 0 aliphatic rings. The van der Waals surface area contributed by atoms with Crippen LogP contribution < -0.4 is 0 Å². The number of rotatable bonds is 6. The van der Waals surface area contributed by atoms with Crippen molar-refractivity contribution in [1.29, 1.82) is 0 Å². The van der Waals surface area contributed by atoms with Crippen LogP contribution in [0.4, 0.5) is 0 Å². The van der Waals surface area contributed by atoms with Gasteiger partial charge in [-0.05, 0) is 24.3 Å². The molecule has 1 aromatic heterocycles. The van der Waals surface area contributed by atoms with Gasteiger partial charge >= 0.3 is 0 Å². The van der Waals surface area contributed by atoms with Gasteiger partial charge in [-0.3, -0.25) is 4.79 Å². The van der Waals surface area contributed by atoms with E-state index in [0.29, 0.717) is 17.3 Å². The number of hydrogen-bond donors (Lipinski definition) is 0. The van der Waals surface area contributed by atoms with Gasteiger partial charge in [0, 0.05) is 30.2 Å². The highest BCUT2D eigenvalue weighted by Crippen LogP contribution is 2.26. The summed E-state index contributed by atoms with van der Waals surface area (Å²) in [6, 6.07) is 17.4. The Kier molecular flexibility index (Phi) is 5.79. The molecule has 0 bridgehead atoms. The lowest BCUT2D eigenvalue weighted by Crippen LogP contribution is -2.27. The van der Waals surface area contributed by atoms with Gasteiger partial charge in [-0.15, -0.1) is 11.8 Å². The van der Waals surface area contributed by atoms with Crippen molar-refractivity contribution >= 4 is 29.3 Å². The van der Waals surface area contributed by atoms with Crippen molar-refractivity contribution in [3.05, 3.63) is 77.6 Å². The fraction of sp³-hybridized carbons (Fsp3) is 0.158. The van der Waals surface area contributed by atoms with E-state index in [-0.39, 0.29) is 5.91 Å². The third-order valence-corrected chi connectivity index (χ3v) is 5.19. The molecule has 0 radical (unpaired) electrons. The predicted molar refractivity (Wildman–Crippen MR) is 102 cm³/mol. The predicted octanol–water partition coefficient (Wildman–Crippen LogP) is 4.28. The maximum Gasteiger partial charge on any atom is 0.232 e. The van der Waals surface area contributed by atoms with Crippen LogP contribution in [0.15, 0.2) is 71.9 Å². The van der Waals surface area contributed by atoms with Gasteiger partial charge in [0.15, 0.2) is 0 Å². The normalized spacial score (nSPS) is 10.6. The number of thioether (sulfide) groups is 1. The zero-order valence-corrected chi connectivity index (χ0v) is 15.4. The zero-order valence-electron chi connectivity index (χ0n) is 13.8. The molecule has 6 heteroatoms. The number of para-hydroxylation sites is 1. The second-order valence-corrected chi connectivity index (χ2v) is 7.02. The molecular weight excluding hydrogens is 354 g/mol. The van der Waals surface area contributed by atoms with E-state index < -0.39 is 0 Å². The standard InChI is InChI=1S/C19H18ClN3OS/c1-22(19(24)14-25-18-10-6-5-9-17(18)20)12-15-11-21-23(13-15)16-7-3-2-4-8-16/h2-11,13H,12,14H2,1H3. The lowest BCUT2D eigenvalue weighted by molar-refractivity contribution is -0.127. The number of benzene rings is 2. The summed E-state index contributed by atoms with van der Waals surface area (Å²) in [7, 11) is 1.80. The molecule has 0 saturated carbocycles. The Morgan fingerprint density at radius 3 is 2.64 bits per heavy atom. The molecule has 3 aromatic rings. The minimum absolute atomic E-state index is 0.0531. The van der Waals surface area contributed by atoms with E-state index in [0.717, 1.165) is 16.1 Å². The van der Waals surface area contributed by atoms with Crippen molar-refractivity contribution in [3.8, 4) is 5.69 Å². The number of halogens is 1. The van der Waals surface area contributed by atoms with Crippen LogP contribution in [-0.2, 0) is 11.3 Å². The summed E-state index contributed by atoms with van der Waals surface area (Å²) in [4.78, 5) is 15.0. The molecule has 4 nitrogen and oxygen atoms in total. The average molecular weight is 372 g/mol. The molecule has 3 rings (SSSR count). The summed E-state index contributed by atoms with van der Waals surface area (Å²) in [5.41, 5.74) is 1.99. The summed E-state index contributed by atoms with van der Waals surface area (Å²) in [5.74, 6) is 0.407. The molecule has 0 spiro atoms. The van der Waals surface area contributed by atoms with Crippen LogP contribution in [0.1, 0.15) is 5.56 Å². The fourth-order valence-electron chi connectivity index (χ4n) is 2.34. The van der Waals surface area contributed by atoms with Crippen LogP contribution in [0.25, 0.3) is 5.69 Å². The first-order valence-electron chi connectivity index (χ1n) is 7.84. The van der Waals surface area contributed by atoms with Crippen molar-refractivity contribution < 1.29 is 4.79 Å². The van der Waals surface area contributed by atoms with E-state index in [9.17, 15) is 4.79 Å². The molecule has 0 aliphatic heterocycles. The Morgan fingerprint density at radius 2 is 1.88 bits per heavy atom. The van der Waals surface area contributed by atoms with Gasteiger partial charge in [-0.1, -0.05) is 41.9 Å². The van der Waals surface area contributed by atoms with Gasteiger partial charge in [0.2, 0.25) is 5.91 Å². The first-order valence-corrected chi connectivity index (χ1v) is 9.20. The second-order valence-electron chi connectivity index (χ2n) is 5.60. The van der Waals surface area contributed by atoms with E-state index in [1.807, 2.05) is 65.5 Å². The minimum Gasteiger partial charge on any atom is -0.341 e. The maximum atomic E-state index is 12.3. The van der Waals surface area contributed by atoms with Crippen molar-refractivity contribution in [2.24, 2.45) is 0 Å². The molecule has 2 aromatic carbocycles. The molecule has 0 aliphatic carbocycles. The van der Waals surface area contributed by atoms with Crippen LogP contribution in [0.3, 0.4) is 0 Å². The van der Waals surface area contributed by atoms with Gasteiger partial charge in [0.1, 0.15) is 0 Å². The molecule has 0 N–H and O–H groups in total.